The zero-order valence-corrected chi connectivity index (χ0v) is 11.6. The van der Waals surface area contributed by atoms with Crippen molar-refractivity contribution >= 4 is 34.2 Å². The number of halogens is 2. The molecule has 2 aromatic heterocycles. The number of pyridine rings is 1. The first-order chi connectivity index (χ1) is 8.66. The molecule has 96 valence electrons. The van der Waals surface area contributed by atoms with Crippen LogP contribution in [0, 0.1) is 6.92 Å². The average molecular weight is 285 g/mol. The van der Waals surface area contributed by atoms with E-state index < -0.39 is 0 Å². The molecule has 2 aromatic rings. The minimum atomic E-state index is 0.0540. The van der Waals surface area contributed by atoms with Crippen LogP contribution in [0.5, 0.6) is 0 Å². The molecule has 1 unspecified atom stereocenters. The van der Waals surface area contributed by atoms with Gasteiger partial charge in [-0.2, -0.15) is 0 Å². The predicted molar refractivity (Wildman–Crippen MR) is 73.3 cm³/mol. The van der Waals surface area contributed by atoms with Gasteiger partial charge in [0.25, 0.3) is 0 Å². The number of hydrogen-bond acceptors (Lipinski definition) is 2. The summed E-state index contributed by atoms with van der Waals surface area (Å²) >= 11 is 12.2. The summed E-state index contributed by atoms with van der Waals surface area (Å²) in [5, 5.41) is 2.00. The van der Waals surface area contributed by atoms with Gasteiger partial charge in [0.2, 0.25) is 0 Å². The van der Waals surface area contributed by atoms with Crippen LogP contribution in [0.2, 0.25) is 10.2 Å². The Morgan fingerprint density at radius 3 is 2.89 bits per heavy atom. The van der Waals surface area contributed by atoms with Crippen molar-refractivity contribution in [1.29, 1.82) is 0 Å². The molecule has 1 atom stereocenters. The van der Waals surface area contributed by atoms with Crippen molar-refractivity contribution < 1.29 is 4.74 Å². The second-order valence-corrected chi connectivity index (χ2v) is 5.44. The number of hydrogen-bond donors (Lipinski definition) is 0. The maximum absolute atomic E-state index is 6.21. The normalized spacial score (nSPS) is 20.5. The lowest BCUT2D eigenvalue weighted by atomic mass is 10.2. The lowest BCUT2D eigenvalue weighted by Crippen LogP contribution is -2.19. The fraction of sp³-hybridized carbons (Fsp3) is 0.462. The molecule has 0 aromatic carbocycles. The topological polar surface area (TPSA) is 27.1 Å². The van der Waals surface area contributed by atoms with Gasteiger partial charge in [0.05, 0.1) is 5.02 Å². The SMILES string of the molecule is Cc1cc2c(Cl)cc(Cl)nc2n1C1CCCCO1. The zero-order chi connectivity index (χ0) is 12.7. The van der Waals surface area contributed by atoms with Crippen molar-refractivity contribution in [3.63, 3.8) is 0 Å². The van der Waals surface area contributed by atoms with E-state index in [1.165, 1.54) is 6.42 Å². The predicted octanol–water partition coefficient (Wildman–Crippen LogP) is 4.35. The van der Waals surface area contributed by atoms with Gasteiger partial charge in [-0.3, -0.25) is 0 Å². The van der Waals surface area contributed by atoms with Gasteiger partial charge in [0, 0.05) is 17.7 Å². The fourth-order valence-electron chi connectivity index (χ4n) is 2.54. The lowest BCUT2D eigenvalue weighted by molar-refractivity contribution is -0.0305. The molecule has 0 bridgehead atoms. The van der Waals surface area contributed by atoms with Gasteiger partial charge in [-0.1, -0.05) is 23.2 Å². The highest BCUT2D eigenvalue weighted by molar-refractivity contribution is 6.37. The molecule has 18 heavy (non-hydrogen) atoms. The molecule has 0 saturated carbocycles. The van der Waals surface area contributed by atoms with E-state index in [9.17, 15) is 0 Å². The van der Waals surface area contributed by atoms with Crippen LogP contribution >= 0.6 is 23.2 Å². The highest BCUT2D eigenvalue weighted by Gasteiger charge is 2.21. The largest absolute Gasteiger partial charge is 0.358 e. The molecule has 5 heteroatoms. The second-order valence-electron chi connectivity index (χ2n) is 4.64. The quantitative estimate of drug-likeness (QED) is 0.728. The average Bonchev–Trinajstić information content (AvgIpc) is 2.67. The summed E-state index contributed by atoms with van der Waals surface area (Å²) in [6, 6.07) is 3.72. The van der Waals surface area contributed by atoms with Gasteiger partial charge >= 0.3 is 0 Å². The Balaban J connectivity index is 2.18. The highest BCUT2D eigenvalue weighted by atomic mass is 35.5. The third-order valence-electron chi connectivity index (χ3n) is 3.36. The number of aryl methyl sites for hydroxylation is 1. The third kappa shape index (κ3) is 2.00. The Labute approximate surface area is 116 Å². The highest BCUT2D eigenvalue weighted by Crippen LogP contribution is 2.33. The number of fused-ring (bicyclic) bond motifs is 1. The van der Waals surface area contributed by atoms with E-state index >= 15 is 0 Å². The van der Waals surface area contributed by atoms with Gasteiger partial charge < -0.3 is 9.30 Å². The van der Waals surface area contributed by atoms with Crippen molar-refractivity contribution in [2.75, 3.05) is 6.61 Å². The standard InChI is InChI=1S/C13H14Cl2N2O/c1-8-6-9-10(14)7-11(15)16-13(9)17(8)12-4-2-3-5-18-12/h6-7,12H,2-5H2,1H3. The van der Waals surface area contributed by atoms with Crippen LogP contribution in [0.15, 0.2) is 12.1 Å². The molecule has 1 aliphatic rings. The summed E-state index contributed by atoms with van der Waals surface area (Å²) in [7, 11) is 0. The third-order valence-corrected chi connectivity index (χ3v) is 3.87. The molecule has 0 aliphatic carbocycles. The Morgan fingerprint density at radius 2 is 2.17 bits per heavy atom. The molecule has 3 heterocycles. The van der Waals surface area contributed by atoms with Crippen molar-refractivity contribution in [2.45, 2.75) is 32.4 Å². The van der Waals surface area contributed by atoms with Crippen molar-refractivity contribution in [3.8, 4) is 0 Å². The Morgan fingerprint density at radius 1 is 1.33 bits per heavy atom. The smallest absolute Gasteiger partial charge is 0.145 e. The maximum atomic E-state index is 6.21. The molecule has 0 spiro atoms. The van der Waals surface area contributed by atoms with E-state index in [4.69, 9.17) is 27.9 Å². The van der Waals surface area contributed by atoms with Crippen LogP contribution in [0.25, 0.3) is 11.0 Å². The second kappa shape index (κ2) is 4.72. The monoisotopic (exact) mass is 284 g/mol. The fourth-order valence-corrected chi connectivity index (χ4v) is 3.02. The minimum absolute atomic E-state index is 0.0540. The Hall–Kier alpha value is -0.770. The Bertz CT molecular complexity index is 588. The molecular formula is C13H14Cl2N2O. The van der Waals surface area contributed by atoms with Crippen LogP contribution in [0.3, 0.4) is 0 Å². The van der Waals surface area contributed by atoms with Crippen LogP contribution in [-0.2, 0) is 4.74 Å². The summed E-state index contributed by atoms with van der Waals surface area (Å²) < 4.78 is 7.93. The first kappa shape index (κ1) is 12.3. The molecule has 1 fully saturated rings. The van der Waals surface area contributed by atoms with Crippen molar-refractivity contribution in [1.82, 2.24) is 9.55 Å². The van der Waals surface area contributed by atoms with E-state index in [2.05, 4.69) is 9.55 Å². The first-order valence-corrected chi connectivity index (χ1v) is 6.87. The molecular weight excluding hydrogens is 271 g/mol. The van der Waals surface area contributed by atoms with Gasteiger partial charge in [-0.05, 0) is 38.3 Å². The van der Waals surface area contributed by atoms with Crippen molar-refractivity contribution in [3.05, 3.63) is 28.0 Å². The summed E-state index contributed by atoms with van der Waals surface area (Å²) in [5.41, 5.74) is 1.92. The van der Waals surface area contributed by atoms with Crippen LogP contribution in [0.4, 0.5) is 0 Å². The van der Waals surface area contributed by atoms with E-state index in [1.807, 2.05) is 13.0 Å². The maximum Gasteiger partial charge on any atom is 0.145 e. The van der Waals surface area contributed by atoms with Gasteiger partial charge in [0.1, 0.15) is 17.0 Å². The first-order valence-electron chi connectivity index (χ1n) is 6.12. The van der Waals surface area contributed by atoms with E-state index in [1.54, 1.807) is 6.07 Å². The van der Waals surface area contributed by atoms with E-state index in [0.717, 1.165) is 36.2 Å². The van der Waals surface area contributed by atoms with E-state index in [0.29, 0.717) is 10.2 Å². The van der Waals surface area contributed by atoms with E-state index in [-0.39, 0.29) is 6.23 Å². The van der Waals surface area contributed by atoms with Crippen LogP contribution in [0.1, 0.15) is 31.2 Å². The minimum Gasteiger partial charge on any atom is -0.358 e. The number of nitrogens with zero attached hydrogens (tertiary/aromatic N) is 2. The molecule has 1 saturated heterocycles. The van der Waals surface area contributed by atoms with Crippen molar-refractivity contribution in [2.24, 2.45) is 0 Å². The summed E-state index contributed by atoms with van der Waals surface area (Å²) in [6.45, 7) is 2.85. The summed E-state index contributed by atoms with van der Waals surface area (Å²) in [6.07, 6.45) is 3.37. The molecule has 0 N–H and O–H groups in total. The molecule has 1 aliphatic heterocycles. The lowest BCUT2D eigenvalue weighted by Gasteiger charge is -2.25. The van der Waals surface area contributed by atoms with Gasteiger partial charge in [-0.25, -0.2) is 4.98 Å². The molecule has 0 amide bonds. The van der Waals surface area contributed by atoms with Crippen LogP contribution < -0.4 is 0 Å². The summed E-state index contributed by atoms with van der Waals surface area (Å²) in [4.78, 5) is 4.40. The number of ether oxygens (including phenoxy) is 1. The number of rotatable bonds is 1. The number of aromatic nitrogens is 2. The molecule has 0 radical (unpaired) electrons. The van der Waals surface area contributed by atoms with Gasteiger partial charge in [-0.15, -0.1) is 0 Å². The van der Waals surface area contributed by atoms with Crippen LogP contribution in [-0.4, -0.2) is 16.2 Å². The summed E-state index contributed by atoms with van der Waals surface area (Å²) in [5.74, 6) is 0. The van der Waals surface area contributed by atoms with Gasteiger partial charge in [0.15, 0.2) is 0 Å². The zero-order valence-electron chi connectivity index (χ0n) is 10.1. The Kier molecular flexibility index (Phi) is 3.22. The molecule has 3 nitrogen and oxygen atoms in total. The molecule has 3 rings (SSSR count).